The second-order valence-electron chi connectivity index (χ2n) is 14.0. The van der Waals surface area contributed by atoms with Crippen molar-refractivity contribution >= 4 is 21.8 Å². The van der Waals surface area contributed by atoms with Gasteiger partial charge in [0.1, 0.15) is 0 Å². The lowest BCUT2D eigenvalue weighted by Crippen LogP contribution is -1.93. The summed E-state index contributed by atoms with van der Waals surface area (Å²) in [6.45, 7) is 0. The van der Waals surface area contributed by atoms with Crippen molar-refractivity contribution in [2.45, 2.75) is 0 Å². The van der Waals surface area contributed by atoms with Gasteiger partial charge in [0.15, 0.2) is 0 Å². The SMILES string of the molecule is c1ccc(-c2cc(-c3ccc(-c4ccc(-n5c6ccccc6c6ccccc65)cc4)cc3)cc(-c3cc(-c4ccccc4)cc(-c4ccccc4)n3)c2)cc1. The highest BCUT2D eigenvalue weighted by Gasteiger charge is 2.14. The van der Waals surface area contributed by atoms with Crippen LogP contribution in [0.4, 0.5) is 0 Å². The van der Waals surface area contributed by atoms with E-state index in [1.54, 1.807) is 0 Å². The lowest BCUT2D eigenvalue weighted by atomic mass is 9.93. The van der Waals surface area contributed by atoms with Crippen LogP contribution in [0, 0.1) is 0 Å². The molecule has 0 N–H and O–H groups in total. The fraction of sp³-hybridized carbons (Fsp3) is 0. The van der Waals surface area contributed by atoms with Gasteiger partial charge in [-0.1, -0.05) is 164 Å². The van der Waals surface area contributed by atoms with E-state index in [1.165, 1.54) is 44.1 Å². The van der Waals surface area contributed by atoms with Gasteiger partial charge in [0.25, 0.3) is 0 Å². The van der Waals surface area contributed by atoms with Crippen molar-refractivity contribution in [1.82, 2.24) is 9.55 Å². The first-order chi connectivity index (χ1) is 27.2. The Balaban J connectivity index is 1.04. The van der Waals surface area contributed by atoms with E-state index in [-0.39, 0.29) is 0 Å². The van der Waals surface area contributed by atoms with Crippen LogP contribution < -0.4 is 0 Å². The number of hydrogen-bond donors (Lipinski definition) is 0. The van der Waals surface area contributed by atoms with Gasteiger partial charge in [-0.25, -0.2) is 4.98 Å². The average molecular weight is 701 g/mol. The average Bonchev–Trinajstić information content (AvgIpc) is 3.61. The number of pyridine rings is 1. The molecule has 0 saturated heterocycles. The normalized spacial score (nSPS) is 11.3. The first kappa shape index (κ1) is 32.4. The van der Waals surface area contributed by atoms with Crippen LogP contribution in [0.5, 0.6) is 0 Å². The molecule has 0 bridgehead atoms. The molecule has 0 aliphatic heterocycles. The number of fused-ring (bicyclic) bond motifs is 3. The van der Waals surface area contributed by atoms with Crippen LogP contribution in [-0.2, 0) is 0 Å². The Morgan fingerprint density at radius 3 is 1.11 bits per heavy atom. The molecule has 2 heteroatoms. The van der Waals surface area contributed by atoms with Crippen molar-refractivity contribution in [3.8, 4) is 72.7 Å². The zero-order chi connectivity index (χ0) is 36.6. The van der Waals surface area contributed by atoms with Crippen LogP contribution in [0.1, 0.15) is 0 Å². The van der Waals surface area contributed by atoms with Gasteiger partial charge >= 0.3 is 0 Å². The topological polar surface area (TPSA) is 17.8 Å². The van der Waals surface area contributed by atoms with Gasteiger partial charge in [0.2, 0.25) is 0 Å². The molecule has 2 heterocycles. The van der Waals surface area contributed by atoms with Crippen LogP contribution in [0.25, 0.3) is 94.5 Å². The third kappa shape index (κ3) is 6.20. The number of rotatable bonds is 7. The van der Waals surface area contributed by atoms with Gasteiger partial charge in [-0.2, -0.15) is 0 Å². The quantitative estimate of drug-likeness (QED) is 0.162. The molecular weight excluding hydrogens is 665 g/mol. The zero-order valence-corrected chi connectivity index (χ0v) is 30.2. The monoisotopic (exact) mass is 700 g/mol. The standard InChI is InChI=1S/C53H36N2/c1-4-14-37(15-5-1)43-32-44(34-46(33-43)51-36-45(38-16-6-2-7-17-38)35-50(54-51)42-18-8-3-9-19-42)41-26-24-39(25-27-41)40-28-30-47(31-29-40)55-52-22-12-10-20-48(52)49-21-11-13-23-53(49)55/h1-36H. The summed E-state index contributed by atoms with van der Waals surface area (Å²) in [6, 6.07) is 78.2. The Bertz CT molecular complexity index is 2810. The third-order valence-corrected chi connectivity index (χ3v) is 10.6. The number of hydrogen-bond acceptors (Lipinski definition) is 1. The first-order valence-corrected chi connectivity index (χ1v) is 18.8. The molecule has 10 aromatic rings. The van der Waals surface area contributed by atoms with Crippen molar-refractivity contribution in [2.75, 3.05) is 0 Å². The maximum absolute atomic E-state index is 5.28. The Hall–Kier alpha value is -7.29. The maximum Gasteiger partial charge on any atom is 0.0716 e. The molecule has 2 nitrogen and oxygen atoms in total. The molecule has 0 spiro atoms. The van der Waals surface area contributed by atoms with E-state index in [0.717, 1.165) is 50.5 Å². The number of nitrogens with zero attached hydrogens (tertiary/aromatic N) is 2. The molecule has 0 atom stereocenters. The first-order valence-electron chi connectivity index (χ1n) is 18.8. The van der Waals surface area contributed by atoms with Crippen LogP contribution in [-0.4, -0.2) is 9.55 Å². The van der Waals surface area contributed by atoms with Crippen molar-refractivity contribution < 1.29 is 0 Å². The summed E-state index contributed by atoms with van der Waals surface area (Å²) in [7, 11) is 0. The highest BCUT2D eigenvalue weighted by Crippen LogP contribution is 2.37. The van der Waals surface area contributed by atoms with E-state index >= 15 is 0 Å². The second-order valence-corrected chi connectivity index (χ2v) is 14.0. The van der Waals surface area contributed by atoms with Crippen LogP contribution in [0.2, 0.25) is 0 Å². The molecule has 0 amide bonds. The summed E-state index contributed by atoms with van der Waals surface area (Å²) in [5.74, 6) is 0. The minimum absolute atomic E-state index is 0.944. The summed E-state index contributed by atoms with van der Waals surface area (Å²) in [4.78, 5) is 5.28. The van der Waals surface area contributed by atoms with E-state index in [9.17, 15) is 0 Å². The summed E-state index contributed by atoms with van der Waals surface area (Å²) in [5.41, 5.74) is 17.0. The lowest BCUT2D eigenvalue weighted by Gasteiger charge is -2.14. The van der Waals surface area contributed by atoms with Crippen LogP contribution in [0.3, 0.4) is 0 Å². The Kier molecular flexibility index (Phi) is 8.20. The third-order valence-electron chi connectivity index (χ3n) is 10.6. The van der Waals surface area contributed by atoms with Crippen molar-refractivity contribution in [3.05, 3.63) is 218 Å². The van der Waals surface area contributed by atoms with Gasteiger partial charge in [0, 0.05) is 27.6 Å². The Labute approximate surface area is 321 Å². The van der Waals surface area contributed by atoms with Gasteiger partial charge in [-0.15, -0.1) is 0 Å². The summed E-state index contributed by atoms with van der Waals surface area (Å²) in [6.07, 6.45) is 0. The summed E-state index contributed by atoms with van der Waals surface area (Å²) in [5, 5.41) is 2.54. The number of aromatic nitrogens is 2. The molecule has 55 heavy (non-hydrogen) atoms. The van der Waals surface area contributed by atoms with Crippen molar-refractivity contribution in [3.63, 3.8) is 0 Å². The molecule has 0 saturated carbocycles. The van der Waals surface area contributed by atoms with Gasteiger partial charge in [-0.05, 0) is 99.1 Å². The molecule has 0 fully saturated rings. The number of para-hydroxylation sites is 2. The minimum atomic E-state index is 0.944. The smallest absolute Gasteiger partial charge is 0.0716 e. The Morgan fingerprint density at radius 1 is 0.255 bits per heavy atom. The van der Waals surface area contributed by atoms with Crippen LogP contribution in [0.15, 0.2) is 218 Å². The molecular formula is C53H36N2. The van der Waals surface area contributed by atoms with Gasteiger partial charge in [-0.3, -0.25) is 0 Å². The van der Waals surface area contributed by atoms with Crippen molar-refractivity contribution in [1.29, 1.82) is 0 Å². The highest BCUT2D eigenvalue weighted by atomic mass is 15.0. The van der Waals surface area contributed by atoms with Gasteiger partial charge in [0.05, 0.1) is 22.4 Å². The summed E-state index contributed by atoms with van der Waals surface area (Å²) >= 11 is 0. The molecule has 0 unspecified atom stereocenters. The minimum Gasteiger partial charge on any atom is -0.309 e. The van der Waals surface area contributed by atoms with Gasteiger partial charge < -0.3 is 4.57 Å². The maximum atomic E-state index is 5.28. The predicted molar refractivity (Wildman–Crippen MR) is 231 cm³/mol. The van der Waals surface area contributed by atoms with E-state index in [4.69, 9.17) is 4.98 Å². The largest absolute Gasteiger partial charge is 0.309 e. The fourth-order valence-corrected chi connectivity index (χ4v) is 7.83. The molecule has 258 valence electrons. The molecule has 2 aromatic heterocycles. The zero-order valence-electron chi connectivity index (χ0n) is 30.2. The molecule has 8 aromatic carbocycles. The Morgan fingerprint density at radius 2 is 0.600 bits per heavy atom. The second kappa shape index (κ2) is 13.9. The highest BCUT2D eigenvalue weighted by molar-refractivity contribution is 6.09. The molecule has 0 aliphatic rings. The molecule has 0 radical (unpaired) electrons. The predicted octanol–water partition coefficient (Wildman–Crippen LogP) is 14.2. The number of benzene rings is 8. The molecule has 10 rings (SSSR count). The van der Waals surface area contributed by atoms with E-state index < -0.39 is 0 Å². The van der Waals surface area contributed by atoms with E-state index in [0.29, 0.717) is 0 Å². The van der Waals surface area contributed by atoms with E-state index in [1.807, 2.05) is 6.07 Å². The summed E-state index contributed by atoms with van der Waals surface area (Å²) < 4.78 is 2.36. The fourth-order valence-electron chi connectivity index (χ4n) is 7.83. The van der Waals surface area contributed by atoms with Crippen LogP contribution >= 0.6 is 0 Å². The van der Waals surface area contributed by atoms with Crippen molar-refractivity contribution in [2.24, 2.45) is 0 Å². The lowest BCUT2D eigenvalue weighted by molar-refractivity contribution is 1.18. The van der Waals surface area contributed by atoms with E-state index in [2.05, 4.69) is 217 Å². The molecule has 0 aliphatic carbocycles.